The predicted molar refractivity (Wildman–Crippen MR) is 176 cm³/mol. The van der Waals surface area contributed by atoms with Gasteiger partial charge in [0.05, 0.1) is 19.3 Å². The Morgan fingerprint density at radius 1 is 0.610 bits per heavy atom. The third kappa shape index (κ3) is 22.3. The minimum absolute atomic E-state index is 0.0807. The van der Waals surface area contributed by atoms with Crippen LogP contribution >= 0.6 is 0 Å². The number of unbranched alkanes of at least 4 members (excludes halogenated alkanes) is 18. The molecule has 41 heavy (non-hydrogen) atoms. The highest BCUT2D eigenvalue weighted by Gasteiger charge is 2.06. The zero-order chi connectivity index (χ0) is 29.8. The summed E-state index contributed by atoms with van der Waals surface area (Å²) in [6.07, 6.45) is 30.2. The molecule has 1 aromatic rings. The molecule has 0 saturated heterocycles. The Hall–Kier alpha value is -1.97. The molecular weight excluding hydrogens is 508 g/mol. The molecule has 0 heterocycles. The van der Waals surface area contributed by atoms with Crippen molar-refractivity contribution in [3.63, 3.8) is 0 Å². The number of carbonyl (C=O) groups is 1. The van der Waals surface area contributed by atoms with Crippen molar-refractivity contribution in [2.75, 3.05) is 13.2 Å². The van der Waals surface area contributed by atoms with E-state index >= 15 is 0 Å². The molecule has 0 aliphatic rings. The van der Waals surface area contributed by atoms with Gasteiger partial charge in [-0.25, -0.2) is 4.79 Å². The van der Waals surface area contributed by atoms with Crippen molar-refractivity contribution in [3.05, 3.63) is 29.8 Å². The van der Waals surface area contributed by atoms with Crippen LogP contribution in [0.15, 0.2) is 24.3 Å². The Morgan fingerprint density at radius 2 is 1.00 bits per heavy atom. The van der Waals surface area contributed by atoms with Crippen LogP contribution in [0.4, 0.5) is 0 Å². The van der Waals surface area contributed by atoms with Crippen LogP contribution in [0.2, 0.25) is 0 Å². The molecule has 1 unspecified atom stereocenters. The van der Waals surface area contributed by atoms with E-state index in [1.54, 1.807) is 6.08 Å². The highest BCUT2D eigenvalue weighted by molar-refractivity contribution is 5.87. The lowest BCUT2D eigenvalue weighted by atomic mass is 10.1. The first-order chi connectivity index (χ1) is 20.1. The Morgan fingerprint density at radius 3 is 1.39 bits per heavy atom. The quantitative estimate of drug-likeness (QED) is 0.0569. The van der Waals surface area contributed by atoms with Crippen LogP contribution in [0.5, 0.6) is 11.5 Å². The number of carbonyl (C=O) groups excluding carboxylic acids is 1. The third-order valence-electron chi connectivity index (χ3n) is 7.74. The van der Waals surface area contributed by atoms with E-state index in [1.807, 2.05) is 32.0 Å². The molecule has 236 valence electrons. The van der Waals surface area contributed by atoms with E-state index in [4.69, 9.17) is 14.2 Å². The molecule has 0 amide bonds. The summed E-state index contributed by atoms with van der Waals surface area (Å²) in [5.41, 5.74) is 0.893. The van der Waals surface area contributed by atoms with Gasteiger partial charge in [-0.2, -0.15) is 0 Å². The molecule has 1 aromatic carbocycles. The molecule has 0 saturated carbocycles. The first kappa shape index (κ1) is 37.1. The zero-order valence-corrected chi connectivity index (χ0v) is 27.4. The molecule has 0 aromatic heterocycles. The van der Waals surface area contributed by atoms with Gasteiger partial charge in [0.25, 0.3) is 0 Å². The largest absolute Gasteiger partial charge is 0.493 e. The first-order valence-corrected chi connectivity index (χ1v) is 17.4. The topological polar surface area (TPSA) is 44.8 Å². The number of esters is 1. The Balaban J connectivity index is 2.45. The minimum Gasteiger partial charge on any atom is -0.493 e. The standard InChI is InChI=1S/C37H64O4/c1-5-8-10-12-14-16-18-20-22-24-28-39-35-30-34(26-27-37(38)41-33(4)7-3)31-36(32-35)40-29-25-23-21-19-17-15-13-11-9-6-2/h26-27,30-33H,5-25,28-29H2,1-4H3. The fraction of sp³-hybridized carbons (Fsp3) is 0.757. The second-order valence-corrected chi connectivity index (χ2v) is 11.8. The Labute approximate surface area is 254 Å². The van der Waals surface area contributed by atoms with Crippen molar-refractivity contribution in [1.29, 1.82) is 0 Å². The van der Waals surface area contributed by atoms with Gasteiger partial charge in [0.15, 0.2) is 0 Å². The molecule has 0 N–H and O–H groups in total. The average molecular weight is 573 g/mol. The summed E-state index contributed by atoms with van der Waals surface area (Å²) in [5, 5.41) is 0. The summed E-state index contributed by atoms with van der Waals surface area (Å²) in [6.45, 7) is 9.87. The molecule has 0 aliphatic carbocycles. The highest BCUT2D eigenvalue weighted by atomic mass is 16.5. The second-order valence-electron chi connectivity index (χ2n) is 11.8. The maximum absolute atomic E-state index is 12.2. The van der Waals surface area contributed by atoms with Gasteiger partial charge in [0.1, 0.15) is 11.5 Å². The van der Waals surface area contributed by atoms with E-state index in [1.165, 1.54) is 122 Å². The van der Waals surface area contributed by atoms with Crippen molar-refractivity contribution < 1.29 is 19.0 Å². The summed E-state index contributed by atoms with van der Waals surface area (Å²) in [7, 11) is 0. The van der Waals surface area contributed by atoms with Crippen molar-refractivity contribution in [1.82, 2.24) is 0 Å². The van der Waals surface area contributed by atoms with Crippen molar-refractivity contribution in [2.45, 2.75) is 169 Å². The molecular formula is C37H64O4. The van der Waals surface area contributed by atoms with E-state index in [0.29, 0.717) is 13.2 Å². The van der Waals surface area contributed by atoms with E-state index in [0.717, 1.165) is 36.3 Å². The lowest BCUT2D eigenvalue weighted by Crippen LogP contribution is -2.11. The van der Waals surface area contributed by atoms with Gasteiger partial charge < -0.3 is 14.2 Å². The maximum Gasteiger partial charge on any atom is 0.331 e. The lowest BCUT2D eigenvalue weighted by Gasteiger charge is -2.12. The van der Waals surface area contributed by atoms with Gasteiger partial charge in [-0.05, 0) is 50.0 Å². The molecule has 1 atom stereocenters. The number of hydrogen-bond donors (Lipinski definition) is 0. The van der Waals surface area contributed by atoms with Crippen LogP contribution in [-0.2, 0) is 9.53 Å². The number of benzene rings is 1. The fourth-order valence-corrected chi connectivity index (χ4v) is 4.90. The summed E-state index contributed by atoms with van der Waals surface area (Å²) in [5.74, 6) is 1.29. The molecule has 0 fully saturated rings. The van der Waals surface area contributed by atoms with Gasteiger partial charge in [0, 0.05) is 12.1 Å². The zero-order valence-electron chi connectivity index (χ0n) is 27.4. The van der Waals surface area contributed by atoms with Gasteiger partial charge in [-0.15, -0.1) is 0 Å². The molecule has 4 nitrogen and oxygen atoms in total. The second kappa shape index (κ2) is 26.9. The molecule has 0 radical (unpaired) electrons. The fourth-order valence-electron chi connectivity index (χ4n) is 4.90. The number of ether oxygens (including phenoxy) is 3. The van der Waals surface area contributed by atoms with Gasteiger partial charge >= 0.3 is 5.97 Å². The van der Waals surface area contributed by atoms with Crippen LogP contribution in [0, 0.1) is 0 Å². The van der Waals surface area contributed by atoms with Crippen LogP contribution < -0.4 is 9.47 Å². The SMILES string of the molecule is CCCCCCCCCCCCOc1cc(C=CC(=O)OC(C)CC)cc(OCCCCCCCCCCCC)c1. The van der Waals surface area contributed by atoms with Gasteiger partial charge in [0.2, 0.25) is 0 Å². The average Bonchev–Trinajstić information content (AvgIpc) is 2.97. The number of rotatable bonds is 28. The van der Waals surface area contributed by atoms with E-state index < -0.39 is 0 Å². The lowest BCUT2D eigenvalue weighted by molar-refractivity contribution is -0.142. The first-order valence-electron chi connectivity index (χ1n) is 17.4. The van der Waals surface area contributed by atoms with Crippen LogP contribution in [0.3, 0.4) is 0 Å². The Kier molecular flexibility index (Phi) is 24.3. The molecule has 1 rings (SSSR count). The van der Waals surface area contributed by atoms with E-state index in [2.05, 4.69) is 13.8 Å². The normalized spacial score (nSPS) is 12.1. The van der Waals surface area contributed by atoms with Crippen LogP contribution in [0.1, 0.15) is 168 Å². The monoisotopic (exact) mass is 572 g/mol. The Bertz CT molecular complexity index is 728. The summed E-state index contributed by atoms with van der Waals surface area (Å²) < 4.78 is 17.6. The van der Waals surface area contributed by atoms with Crippen molar-refractivity contribution in [3.8, 4) is 11.5 Å². The van der Waals surface area contributed by atoms with Crippen molar-refractivity contribution in [2.24, 2.45) is 0 Å². The van der Waals surface area contributed by atoms with Crippen LogP contribution in [-0.4, -0.2) is 25.3 Å². The highest BCUT2D eigenvalue weighted by Crippen LogP contribution is 2.25. The van der Waals surface area contributed by atoms with E-state index in [-0.39, 0.29) is 12.1 Å². The summed E-state index contributed by atoms with van der Waals surface area (Å²) >= 11 is 0. The molecule has 0 bridgehead atoms. The third-order valence-corrected chi connectivity index (χ3v) is 7.74. The maximum atomic E-state index is 12.2. The summed E-state index contributed by atoms with van der Waals surface area (Å²) in [6, 6.07) is 5.95. The van der Waals surface area contributed by atoms with Gasteiger partial charge in [-0.1, -0.05) is 136 Å². The molecule has 0 aliphatic heterocycles. The van der Waals surface area contributed by atoms with Gasteiger partial charge in [-0.3, -0.25) is 0 Å². The minimum atomic E-state index is -0.316. The molecule has 0 spiro atoms. The smallest absolute Gasteiger partial charge is 0.331 e. The summed E-state index contributed by atoms with van der Waals surface area (Å²) in [4.78, 5) is 12.2. The number of hydrogen-bond acceptors (Lipinski definition) is 4. The van der Waals surface area contributed by atoms with Crippen LogP contribution in [0.25, 0.3) is 6.08 Å². The molecule has 4 heteroatoms. The van der Waals surface area contributed by atoms with Crippen molar-refractivity contribution >= 4 is 12.0 Å². The predicted octanol–water partition coefficient (Wildman–Crippen LogP) is 11.6. The van der Waals surface area contributed by atoms with E-state index in [9.17, 15) is 4.79 Å².